The normalized spacial score (nSPS) is 12.1. The van der Waals surface area contributed by atoms with Crippen molar-refractivity contribution in [3.63, 3.8) is 0 Å². The Hall–Kier alpha value is -1.87. The molecule has 0 aliphatic rings. The van der Waals surface area contributed by atoms with E-state index in [1.54, 1.807) is 0 Å². The molecule has 21 heavy (non-hydrogen) atoms. The maximum Gasteiger partial charge on any atom is 0.128 e. The summed E-state index contributed by atoms with van der Waals surface area (Å²) in [6, 6.07) is 14.2. The molecule has 2 N–H and O–H groups in total. The molecule has 2 aromatic rings. The molecule has 0 bridgehead atoms. The fourth-order valence-electron chi connectivity index (χ4n) is 2.50. The van der Waals surface area contributed by atoms with Crippen molar-refractivity contribution >= 4 is 5.82 Å². The summed E-state index contributed by atoms with van der Waals surface area (Å²) in [4.78, 5) is 6.94. The Bertz CT molecular complexity index is 516. The third kappa shape index (κ3) is 4.05. The van der Waals surface area contributed by atoms with Crippen LogP contribution in [0.4, 0.5) is 5.82 Å². The van der Waals surface area contributed by atoms with Gasteiger partial charge in [-0.2, -0.15) is 0 Å². The molecule has 0 saturated carbocycles. The third-order valence-corrected chi connectivity index (χ3v) is 3.60. The quantitative estimate of drug-likeness (QED) is 0.841. The van der Waals surface area contributed by atoms with E-state index in [0.29, 0.717) is 0 Å². The summed E-state index contributed by atoms with van der Waals surface area (Å²) in [5.41, 5.74) is 8.48. The largest absolute Gasteiger partial charge is 0.357 e. The molecule has 1 aromatic carbocycles. The van der Waals surface area contributed by atoms with Crippen LogP contribution in [0.25, 0.3) is 0 Å². The van der Waals surface area contributed by atoms with Crippen LogP contribution < -0.4 is 10.6 Å². The molecular formula is C18H25N3. The van der Waals surface area contributed by atoms with Crippen molar-refractivity contribution in [2.75, 3.05) is 18.0 Å². The van der Waals surface area contributed by atoms with Crippen molar-refractivity contribution in [1.29, 1.82) is 0 Å². The Kier molecular flexibility index (Phi) is 5.76. The van der Waals surface area contributed by atoms with Crippen molar-refractivity contribution in [1.82, 2.24) is 4.98 Å². The zero-order valence-corrected chi connectivity index (χ0v) is 13.0. The predicted octanol–water partition coefficient (Wildman–Crippen LogP) is 3.76. The maximum absolute atomic E-state index is 6.31. The average molecular weight is 283 g/mol. The lowest BCUT2D eigenvalue weighted by atomic mass is 10.0. The van der Waals surface area contributed by atoms with Gasteiger partial charge in [-0.15, -0.1) is 0 Å². The van der Waals surface area contributed by atoms with Crippen LogP contribution in [0.3, 0.4) is 0 Å². The zero-order valence-electron chi connectivity index (χ0n) is 13.0. The van der Waals surface area contributed by atoms with Crippen molar-refractivity contribution in [3.05, 3.63) is 59.8 Å². The van der Waals surface area contributed by atoms with E-state index < -0.39 is 0 Å². The van der Waals surface area contributed by atoms with Crippen LogP contribution in [0.1, 0.15) is 43.9 Å². The Morgan fingerprint density at radius 3 is 2.14 bits per heavy atom. The fourth-order valence-corrected chi connectivity index (χ4v) is 2.50. The summed E-state index contributed by atoms with van der Waals surface area (Å²) < 4.78 is 0. The number of rotatable bonds is 7. The first-order valence-corrected chi connectivity index (χ1v) is 7.77. The molecule has 0 fully saturated rings. The second kappa shape index (κ2) is 7.79. The van der Waals surface area contributed by atoms with E-state index in [-0.39, 0.29) is 6.04 Å². The molecular weight excluding hydrogens is 258 g/mol. The molecule has 0 spiro atoms. The predicted molar refractivity (Wildman–Crippen MR) is 89.5 cm³/mol. The standard InChI is InChI=1S/C18H25N3/c1-3-12-21(13-4-2)17-11-10-16(14-20-17)18(19)15-8-6-5-7-9-15/h5-11,14,18H,3-4,12-13,19H2,1-2H3/t18-/m1/s1. The van der Waals surface area contributed by atoms with Crippen LogP contribution >= 0.6 is 0 Å². The number of pyridine rings is 1. The maximum atomic E-state index is 6.31. The second-order valence-corrected chi connectivity index (χ2v) is 5.33. The van der Waals surface area contributed by atoms with E-state index in [4.69, 9.17) is 5.73 Å². The molecule has 0 aliphatic carbocycles. The van der Waals surface area contributed by atoms with Gasteiger partial charge >= 0.3 is 0 Å². The summed E-state index contributed by atoms with van der Waals surface area (Å²) >= 11 is 0. The molecule has 0 saturated heterocycles. The lowest BCUT2D eigenvalue weighted by molar-refractivity contribution is 0.732. The lowest BCUT2D eigenvalue weighted by Crippen LogP contribution is -2.26. The van der Waals surface area contributed by atoms with Gasteiger partial charge in [-0.25, -0.2) is 4.98 Å². The molecule has 0 radical (unpaired) electrons. The molecule has 1 heterocycles. The minimum absolute atomic E-state index is 0.112. The monoisotopic (exact) mass is 283 g/mol. The van der Waals surface area contributed by atoms with Crippen molar-refractivity contribution < 1.29 is 0 Å². The van der Waals surface area contributed by atoms with Gasteiger partial charge in [0.2, 0.25) is 0 Å². The van der Waals surface area contributed by atoms with E-state index in [1.807, 2.05) is 24.4 Å². The molecule has 0 unspecified atom stereocenters. The van der Waals surface area contributed by atoms with Gasteiger partial charge in [0.05, 0.1) is 6.04 Å². The van der Waals surface area contributed by atoms with Crippen LogP contribution in [-0.2, 0) is 0 Å². The zero-order chi connectivity index (χ0) is 15.1. The highest BCUT2D eigenvalue weighted by Gasteiger charge is 2.10. The van der Waals surface area contributed by atoms with Gasteiger partial charge in [-0.3, -0.25) is 0 Å². The highest BCUT2D eigenvalue weighted by molar-refractivity contribution is 5.41. The van der Waals surface area contributed by atoms with E-state index in [9.17, 15) is 0 Å². The number of nitrogens with zero attached hydrogens (tertiary/aromatic N) is 2. The van der Waals surface area contributed by atoms with Crippen LogP contribution in [0.15, 0.2) is 48.7 Å². The third-order valence-electron chi connectivity index (χ3n) is 3.60. The van der Waals surface area contributed by atoms with Gasteiger partial charge in [-0.1, -0.05) is 50.2 Å². The topological polar surface area (TPSA) is 42.1 Å². The van der Waals surface area contributed by atoms with Gasteiger partial charge in [0.1, 0.15) is 5.82 Å². The number of hydrogen-bond acceptors (Lipinski definition) is 3. The van der Waals surface area contributed by atoms with Crippen LogP contribution in [0.5, 0.6) is 0 Å². The summed E-state index contributed by atoms with van der Waals surface area (Å²) in [7, 11) is 0. The Labute approximate surface area is 127 Å². The van der Waals surface area contributed by atoms with Crippen LogP contribution in [0, 0.1) is 0 Å². The van der Waals surface area contributed by atoms with Crippen molar-refractivity contribution in [2.24, 2.45) is 5.73 Å². The van der Waals surface area contributed by atoms with Gasteiger partial charge in [-0.05, 0) is 30.0 Å². The summed E-state index contributed by atoms with van der Waals surface area (Å²) in [6.45, 7) is 6.49. The molecule has 3 nitrogen and oxygen atoms in total. The van der Waals surface area contributed by atoms with Crippen LogP contribution in [-0.4, -0.2) is 18.1 Å². The van der Waals surface area contributed by atoms with Gasteiger partial charge in [0, 0.05) is 19.3 Å². The van der Waals surface area contributed by atoms with Crippen molar-refractivity contribution in [3.8, 4) is 0 Å². The second-order valence-electron chi connectivity index (χ2n) is 5.33. The number of aromatic nitrogens is 1. The highest BCUT2D eigenvalue weighted by atomic mass is 15.2. The van der Waals surface area contributed by atoms with E-state index in [0.717, 1.165) is 42.9 Å². The van der Waals surface area contributed by atoms with E-state index in [2.05, 4.69) is 48.0 Å². The van der Waals surface area contributed by atoms with Gasteiger partial charge in [0.15, 0.2) is 0 Å². The summed E-state index contributed by atoms with van der Waals surface area (Å²) in [6.07, 6.45) is 4.17. The first-order chi connectivity index (χ1) is 10.3. The minimum atomic E-state index is -0.112. The van der Waals surface area contributed by atoms with E-state index >= 15 is 0 Å². The number of nitrogens with two attached hydrogens (primary N) is 1. The van der Waals surface area contributed by atoms with E-state index in [1.165, 1.54) is 0 Å². The first kappa shape index (κ1) is 15.5. The summed E-state index contributed by atoms with van der Waals surface area (Å²) in [5, 5.41) is 0. The SMILES string of the molecule is CCCN(CCC)c1ccc([C@H](N)c2ccccc2)cn1. The first-order valence-electron chi connectivity index (χ1n) is 7.77. The number of anilines is 1. The molecule has 112 valence electrons. The van der Waals surface area contributed by atoms with Gasteiger partial charge in [0.25, 0.3) is 0 Å². The summed E-state index contributed by atoms with van der Waals surface area (Å²) in [5.74, 6) is 1.04. The molecule has 1 atom stereocenters. The highest BCUT2D eigenvalue weighted by Crippen LogP contribution is 2.20. The molecule has 0 amide bonds. The number of benzene rings is 1. The molecule has 1 aromatic heterocycles. The smallest absolute Gasteiger partial charge is 0.128 e. The average Bonchev–Trinajstić information content (AvgIpc) is 2.55. The molecule has 0 aliphatic heterocycles. The Morgan fingerprint density at radius 2 is 1.62 bits per heavy atom. The lowest BCUT2D eigenvalue weighted by Gasteiger charge is -2.23. The number of hydrogen-bond donors (Lipinski definition) is 1. The Balaban J connectivity index is 2.14. The van der Waals surface area contributed by atoms with Gasteiger partial charge < -0.3 is 10.6 Å². The van der Waals surface area contributed by atoms with Crippen molar-refractivity contribution in [2.45, 2.75) is 32.7 Å². The fraction of sp³-hybridized carbons (Fsp3) is 0.389. The minimum Gasteiger partial charge on any atom is -0.357 e. The Morgan fingerprint density at radius 1 is 0.952 bits per heavy atom. The molecule has 3 heteroatoms. The van der Waals surface area contributed by atoms with Crippen LogP contribution in [0.2, 0.25) is 0 Å². The molecule has 2 rings (SSSR count).